The summed E-state index contributed by atoms with van der Waals surface area (Å²) in [6.07, 6.45) is 0.831. The van der Waals surface area contributed by atoms with Crippen molar-refractivity contribution >= 4 is 23.7 Å². The molecule has 168 valence electrons. The van der Waals surface area contributed by atoms with Gasteiger partial charge in [-0.05, 0) is 30.0 Å². The maximum Gasteiger partial charge on any atom is 0.321 e. The number of imide groups is 1. The van der Waals surface area contributed by atoms with Crippen molar-refractivity contribution in [2.45, 2.75) is 32.0 Å². The smallest absolute Gasteiger partial charge is 0.321 e. The molecule has 3 amide bonds. The third-order valence-electron chi connectivity index (χ3n) is 4.61. The molecule has 3 aromatic rings. The van der Waals surface area contributed by atoms with Crippen LogP contribution in [-0.4, -0.2) is 39.0 Å². The molecule has 0 saturated carbocycles. The highest BCUT2D eigenvalue weighted by molar-refractivity contribution is 7.99. The van der Waals surface area contributed by atoms with Crippen LogP contribution in [0.25, 0.3) is 11.4 Å². The van der Waals surface area contributed by atoms with Gasteiger partial charge in [0.05, 0.1) is 17.9 Å². The number of hydrogen-bond acceptors (Lipinski definition) is 5. The summed E-state index contributed by atoms with van der Waals surface area (Å²) in [6.45, 7) is 5.03. The van der Waals surface area contributed by atoms with Crippen LogP contribution >= 0.6 is 11.8 Å². The highest BCUT2D eigenvalue weighted by Crippen LogP contribution is 2.26. The molecule has 0 aliphatic carbocycles. The third-order valence-corrected chi connectivity index (χ3v) is 5.57. The van der Waals surface area contributed by atoms with Gasteiger partial charge in [0.15, 0.2) is 11.0 Å². The van der Waals surface area contributed by atoms with Crippen molar-refractivity contribution in [2.24, 2.45) is 5.92 Å². The number of carbonyl (C=O) groups excluding carboxylic acids is 2. The zero-order chi connectivity index (χ0) is 22.9. The lowest BCUT2D eigenvalue weighted by atomic mass is 10.1. The lowest BCUT2D eigenvalue weighted by Gasteiger charge is -2.11. The average Bonchev–Trinajstić information content (AvgIpc) is 3.15. The van der Waals surface area contributed by atoms with Gasteiger partial charge >= 0.3 is 6.03 Å². The third kappa shape index (κ3) is 6.65. The Morgan fingerprint density at radius 1 is 1.06 bits per heavy atom. The summed E-state index contributed by atoms with van der Waals surface area (Å²) < 4.78 is 16.2. The molecule has 0 spiro atoms. The number of thioether (sulfide) groups is 1. The number of benzene rings is 2. The number of nitrogens with zero attached hydrogens (tertiary/aromatic N) is 3. The van der Waals surface area contributed by atoms with E-state index in [4.69, 9.17) is 0 Å². The highest BCUT2D eigenvalue weighted by Gasteiger charge is 2.19. The molecule has 0 saturated heterocycles. The number of urea groups is 1. The van der Waals surface area contributed by atoms with Gasteiger partial charge in [-0.1, -0.05) is 68.1 Å². The fraction of sp³-hybridized carbons (Fsp3) is 0.304. The predicted molar refractivity (Wildman–Crippen MR) is 123 cm³/mol. The van der Waals surface area contributed by atoms with Gasteiger partial charge in [0.1, 0.15) is 5.82 Å². The summed E-state index contributed by atoms with van der Waals surface area (Å²) in [5.74, 6) is -0.0373. The Balaban J connectivity index is 1.71. The van der Waals surface area contributed by atoms with Gasteiger partial charge in [0.25, 0.3) is 0 Å². The van der Waals surface area contributed by atoms with E-state index in [2.05, 4.69) is 34.7 Å². The molecule has 0 aliphatic heterocycles. The van der Waals surface area contributed by atoms with Gasteiger partial charge in [-0.25, -0.2) is 9.18 Å². The SMILES string of the molecule is CC(C)CCNC(=O)NC(=O)CSc1nnc(-c2ccccc2F)n1Cc1ccccc1. The Morgan fingerprint density at radius 3 is 2.50 bits per heavy atom. The van der Waals surface area contributed by atoms with E-state index in [1.165, 1.54) is 6.07 Å². The molecule has 0 atom stereocenters. The molecule has 0 radical (unpaired) electrons. The first kappa shape index (κ1) is 23.5. The van der Waals surface area contributed by atoms with Crippen LogP contribution in [0.5, 0.6) is 0 Å². The average molecular weight is 456 g/mol. The van der Waals surface area contributed by atoms with Gasteiger partial charge < -0.3 is 5.32 Å². The molecule has 0 fully saturated rings. The minimum absolute atomic E-state index is 0.0260. The number of hydrogen-bond donors (Lipinski definition) is 2. The quantitative estimate of drug-likeness (QED) is 0.474. The van der Waals surface area contributed by atoms with Crippen molar-refractivity contribution in [1.82, 2.24) is 25.4 Å². The second-order valence-electron chi connectivity index (χ2n) is 7.63. The van der Waals surface area contributed by atoms with Crippen molar-refractivity contribution in [3.05, 3.63) is 66.0 Å². The molecule has 0 aliphatic rings. The Labute approximate surface area is 190 Å². The molecule has 9 heteroatoms. The molecule has 2 N–H and O–H groups in total. The Bertz CT molecular complexity index is 1060. The first-order valence-electron chi connectivity index (χ1n) is 10.4. The van der Waals surface area contributed by atoms with Crippen LogP contribution in [0, 0.1) is 11.7 Å². The van der Waals surface area contributed by atoms with E-state index in [1.54, 1.807) is 22.8 Å². The minimum atomic E-state index is -0.519. The van der Waals surface area contributed by atoms with E-state index in [0.717, 1.165) is 23.7 Å². The number of aromatic nitrogens is 3. The van der Waals surface area contributed by atoms with E-state index in [9.17, 15) is 14.0 Å². The maximum atomic E-state index is 14.4. The van der Waals surface area contributed by atoms with E-state index in [0.29, 0.717) is 35.6 Å². The molecule has 0 unspecified atom stereocenters. The molecule has 32 heavy (non-hydrogen) atoms. The summed E-state index contributed by atoms with van der Waals surface area (Å²) in [5.41, 5.74) is 1.32. The second kappa shape index (κ2) is 11.4. The number of carbonyl (C=O) groups is 2. The standard InChI is InChI=1S/C23H26FN5O2S/c1-16(2)12-13-25-22(31)26-20(30)15-32-23-28-27-21(18-10-6-7-11-19(18)24)29(23)14-17-8-4-3-5-9-17/h3-11,16H,12-15H2,1-2H3,(H2,25,26,30,31). The molecule has 7 nitrogen and oxygen atoms in total. The van der Waals surface area contributed by atoms with Crippen molar-refractivity contribution in [1.29, 1.82) is 0 Å². The zero-order valence-electron chi connectivity index (χ0n) is 18.0. The van der Waals surface area contributed by atoms with Gasteiger partial charge in [0.2, 0.25) is 5.91 Å². The van der Waals surface area contributed by atoms with E-state index in [1.807, 2.05) is 30.3 Å². The van der Waals surface area contributed by atoms with Crippen LogP contribution in [0.2, 0.25) is 0 Å². The monoisotopic (exact) mass is 455 g/mol. The van der Waals surface area contributed by atoms with Crippen molar-refractivity contribution in [3.63, 3.8) is 0 Å². The lowest BCUT2D eigenvalue weighted by molar-refractivity contribution is -0.117. The molecular weight excluding hydrogens is 429 g/mol. The van der Waals surface area contributed by atoms with E-state index in [-0.39, 0.29) is 5.75 Å². The van der Waals surface area contributed by atoms with Crippen LogP contribution < -0.4 is 10.6 Å². The van der Waals surface area contributed by atoms with Crippen molar-refractivity contribution in [2.75, 3.05) is 12.3 Å². The summed E-state index contributed by atoms with van der Waals surface area (Å²) in [5, 5.41) is 13.8. The normalized spacial score (nSPS) is 10.9. The molecule has 1 heterocycles. The number of nitrogens with one attached hydrogen (secondary N) is 2. The van der Waals surface area contributed by atoms with Crippen LogP contribution in [0.4, 0.5) is 9.18 Å². The van der Waals surface area contributed by atoms with E-state index < -0.39 is 17.8 Å². The maximum absolute atomic E-state index is 14.4. The van der Waals surface area contributed by atoms with Gasteiger partial charge in [-0.15, -0.1) is 10.2 Å². The topological polar surface area (TPSA) is 88.9 Å². The fourth-order valence-corrected chi connectivity index (χ4v) is 3.69. The van der Waals surface area contributed by atoms with Crippen molar-refractivity contribution in [3.8, 4) is 11.4 Å². The Morgan fingerprint density at radius 2 is 1.78 bits per heavy atom. The van der Waals surface area contributed by atoms with Gasteiger partial charge in [-0.3, -0.25) is 14.7 Å². The summed E-state index contributed by atoms with van der Waals surface area (Å²) in [6, 6.07) is 15.5. The Hall–Kier alpha value is -3.20. The first-order chi connectivity index (χ1) is 15.4. The highest BCUT2D eigenvalue weighted by atomic mass is 32.2. The van der Waals surface area contributed by atoms with Crippen molar-refractivity contribution < 1.29 is 14.0 Å². The zero-order valence-corrected chi connectivity index (χ0v) is 18.9. The molecule has 2 aromatic carbocycles. The number of rotatable bonds is 9. The first-order valence-corrected chi connectivity index (χ1v) is 11.3. The van der Waals surface area contributed by atoms with Crippen LogP contribution in [0.1, 0.15) is 25.8 Å². The van der Waals surface area contributed by atoms with Gasteiger partial charge in [0, 0.05) is 6.54 Å². The molecule has 1 aromatic heterocycles. The van der Waals surface area contributed by atoms with E-state index >= 15 is 0 Å². The number of amides is 3. The summed E-state index contributed by atoms with van der Waals surface area (Å²) in [7, 11) is 0. The fourth-order valence-electron chi connectivity index (χ4n) is 2.96. The lowest BCUT2D eigenvalue weighted by Crippen LogP contribution is -2.40. The minimum Gasteiger partial charge on any atom is -0.338 e. The molecular formula is C23H26FN5O2S. The molecule has 3 rings (SSSR count). The van der Waals surface area contributed by atoms with Crippen LogP contribution in [0.15, 0.2) is 59.8 Å². The van der Waals surface area contributed by atoms with Gasteiger partial charge in [-0.2, -0.15) is 0 Å². The second-order valence-corrected chi connectivity index (χ2v) is 8.58. The van der Waals surface area contributed by atoms with Crippen LogP contribution in [0.3, 0.4) is 0 Å². The largest absolute Gasteiger partial charge is 0.338 e. The Kier molecular flexibility index (Phi) is 8.38. The van der Waals surface area contributed by atoms with Crippen LogP contribution in [-0.2, 0) is 11.3 Å². The predicted octanol–water partition coefficient (Wildman–Crippen LogP) is 4.10. The summed E-state index contributed by atoms with van der Waals surface area (Å²) >= 11 is 1.14. The summed E-state index contributed by atoms with van der Waals surface area (Å²) in [4.78, 5) is 24.1. The molecule has 0 bridgehead atoms. The number of halogens is 1.